The molecular weight excluding hydrogens is 192 g/mol. The molecule has 0 saturated carbocycles. The summed E-state index contributed by atoms with van der Waals surface area (Å²) >= 11 is 0. The number of fused-ring (bicyclic) bond motifs is 1. The Morgan fingerprint density at radius 2 is 2.40 bits per heavy atom. The summed E-state index contributed by atoms with van der Waals surface area (Å²) in [6.07, 6.45) is 0.997. The first-order chi connectivity index (χ1) is 7.34. The Morgan fingerprint density at radius 1 is 1.47 bits per heavy atom. The van der Waals surface area contributed by atoms with Gasteiger partial charge in [0.1, 0.15) is 5.82 Å². The quantitative estimate of drug-likeness (QED) is 0.746. The van der Waals surface area contributed by atoms with Crippen LogP contribution in [-0.4, -0.2) is 27.8 Å². The number of hydrogen-bond acceptors (Lipinski definition) is 4. The van der Waals surface area contributed by atoms with Crippen LogP contribution in [0.4, 0.5) is 5.82 Å². The minimum Gasteiger partial charge on any atom is -0.384 e. The van der Waals surface area contributed by atoms with Gasteiger partial charge >= 0.3 is 0 Å². The maximum Gasteiger partial charge on any atom is 0.157 e. The van der Waals surface area contributed by atoms with Gasteiger partial charge in [-0.05, 0) is 18.6 Å². The molecule has 0 bridgehead atoms. The largest absolute Gasteiger partial charge is 0.384 e. The first-order valence-corrected chi connectivity index (χ1v) is 5.03. The first-order valence-electron chi connectivity index (χ1n) is 5.03. The van der Waals surface area contributed by atoms with Crippen molar-refractivity contribution < 1.29 is 4.74 Å². The summed E-state index contributed by atoms with van der Waals surface area (Å²) in [4.78, 5) is 4.45. The van der Waals surface area contributed by atoms with Crippen LogP contribution in [0.15, 0.2) is 18.2 Å². The minimum absolute atomic E-state index is 0.323. The predicted molar refractivity (Wildman–Crippen MR) is 55.6 cm³/mol. The normalized spacial score (nSPS) is 21.2. The zero-order chi connectivity index (χ0) is 10.3. The van der Waals surface area contributed by atoms with Crippen LogP contribution in [0.1, 0.15) is 18.2 Å². The van der Waals surface area contributed by atoms with E-state index in [1.165, 1.54) is 0 Å². The highest BCUT2D eigenvalue weighted by molar-refractivity contribution is 5.46. The van der Waals surface area contributed by atoms with Crippen molar-refractivity contribution in [1.29, 1.82) is 0 Å². The Balaban J connectivity index is 2.09. The van der Waals surface area contributed by atoms with Gasteiger partial charge in [-0.1, -0.05) is 6.07 Å². The lowest BCUT2D eigenvalue weighted by Gasteiger charge is -1.98. The van der Waals surface area contributed by atoms with Gasteiger partial charge in [-0.15, -0.1) is 5.10 Å². The third kappa shape index (κ3) is 1.35. The van der Waals surface area contributed by atoms with Crippen LogP contribution in [0, 0.1) is 0 Å². The average molecular weight is 204 g/mol. The van der Waals surface area contributed by atoms with Gasteiger partial charge < -0.3 is 10.5 Å². The third-order valence-electron chi connectivity index (χ3n) is 2.70. The van der Waals surface area contributed by atoms with E-state index in [9.17, 15) is 0 Å². The maximum atomic E-state index is 5.80. The fourth-order valence-corrected chi connectivity index (χ4v) is 1.85. The van der Waals surface area contributed by atoms with Crippen molar-refractivity contribution in [1.82, 2.24) is 14.6 Å². The molecule has 3 heterocycles. The summed E-state index contributed by atoms with van der Waals surface area (Å²) in [5.41, 5.74) is 6.60. The van der Waals surface area contributed by atoms with Crippen molar-refractivity contribution >= 4 is 11.5 Å². The van der Waals surface area contributed by atoms with Crippen LogP contribution in [0.25, 0.3) is 5.65 Å². The topological polar surface area (TPSA) is 65.4 Å². The number of rotatable bonds is 1. The molecule has 0 radical (unpaired) electrons. The molecule has 1 unspecified atom stereocenters. The van der Waals surface area contributed by atoms with Crippen LogP contribution in [0.5, 0.6) is 0 Å². The SMILES string of the molecule is Nc1cccc2nc(C3CCOC3)nn12. The molecule has 1 aliphatic rings. The molecule has 15 heavy (non-hydrogen) atoms. The van der Waals surface area contributed by atoms with Gasteiger partial charge in [-0.2, -0.15) is 4.52 Å². The lowest BCUT2D eigenvalue weighted by molar-refractivity contribution is 0.193. The summed E-state index contributed by atoms with van der Waals surface area (Å²) < 4.78 is 6.99. The number of nitrogens with zero attached hydrogens (tertiary/aromatic N) is 3. The Morgan fingerprint density at radius 3 is 3.13 bits per heavy atom. The Kier molecular flexibility index (Phi) is 1.85. The van der Waals surface area contributed by atoms with E-state index in [0.29, 0.717) is 11.7 Å². The second-order valence-electron chi connectivity index (χ2n) is 3.75. The van der Waals surface area contributed by atoms with Crippen LogP contribution >= 0.6 is 0 Å². The van der Waals surface area contributed by atoms with Crippen molar-refractivity contribution in [3.05, 3.63) is 24.0 Å². The van der Waals surface area contributed by atoms with Crippen molar-refractivity contribution in [3.8, 4) is 0 Å². The lowest BCUT2D eigenvalue weighted by Crippen LogP contribution is -2.01. The second kappa shape index (κ2) is 3.20. The molecule has 1 fully saturated rings. The highest BCUT2D eigenvalue weighted by Crippen LogP contribution is 2.23. The smallest absolute Gasteiger partial charge is 0.157 e. The van der Waals surface area contributed by atoms with E-state index < -0.39 is 0 Å². The standard InChI is InChI=1S/C10H12N4O/c11-8-2-1-3-9-12-10(13-14(8)9)7-4-5-15-6-7/h1-3,7H,4-6,11H2. The number of aromatic nitrogens is 3. The lowest BCUT2D eigenvalue weighted by atomic mass is 10.1. The van der Waals surface area contributed by atoms with Crippen LogP contribution in [-0.2, 0) is 4.74 Å². The molecule has 3 rings (SSSR count). The van der Waals surface area contributed by atoms with E-state index in [2.05, 4.69) is 10.1 Å². The zero-order valence-corrected chi connectivity index (χ0v) is 8.26. The van der Waals surface area contributed by atoms with Gasteiger partial charge in [0.05, 0.1) is 6.61 Å². The molecule has 1 aliphatic heterocycles. The molecule has 0 amide bonds. The van der Waals surface area contributed by atoms with Crippen molar-refractivity contribution in [3.63, 3.8) is 0 Å². The molecule has 0 aromatic carbocycles. The van der Waals surface area contributed by atoms with E-state index in [-0.39, 0.29) is 0 Å². The van der Waals surface area contributed by atoms with Crippen LogP contribution in [0.2, 0.25) is 0 Å². The third-order valence-corrected chi connectivity index (χ3v) is 2.70. The molecule has 5 heteroatoms. The molecule has 5 nitrogen and oxygen atoms in total. The molecule has 1 atom stereocenters. The fraction of sp³-hybridized carbons (Fsp3) is 0.400. The molecule has 2 aromatic rings. The monoisotopic (exact) mass is 204 g/mol. The van der Waals surface area contributed by atoms with E-state index in [0.717, 1.165) is 31.1 Å². The van der Waals surface area contributed by atoms with Crippen LogP contribution in [0.3, 0.4) is 0 Å². The van der Waals surface area contributed by atoms with E-state index in [1.807, 2.05) is 18.2 Å². The highest BCUT2D eigenvalue weighted by Gasteiger charge is 2.22. The molecule has 0 spiro atoms. The molecule has 1 saturated heterocycles. The Bertz CT molecular complexity index is 487. The zero-order valence-electron chi connectivity index (χ0n) is 8.26. The number of nitrogen functional groups attached to an aromatic ring is 1. The first kappa shape index (κ1) is 8.67. The number of pyridine rings is 1. The number of ether oxygens (including phenoxy) is 1. The molecule has 2 aromatic heterocycles. The second-order valence-corrected chi connectivity index (χ2v) is 3.75. The van der Waals surface area contributed by atoms with Crippen molar-refractivity contribution in [2.45, 2.75) is 12.3 Å². The van der Waals surface area contributed by atoms with E-state index >= 15 is 0 Å². The summed E-state index contributed by atoms with van der Waals surface area (Å²) in [6.45, 7) is 1.52. The predicted octanol–water partition coefficient (Wildman–Crippen LogP) is 0.815. The van der Waals surface area contributed by atoms with Crippen molar-refractivity contribution in [2.24, 2.45) is 0 Å². The number of anilines is 1. The number of nitrogens with two attached hydrogens (primary N) is 1. The summed E-state index contributed by atoms with van der Waals surface area (Å²) in [5, 5.41) is 4.39. The van der Waals surface area contributed by atoms with Crippen molar-refractivity contribution in [2.75, 3.05) is 18.9 Å². The Labute approximate surface area is 86.9 Å². The highest BCUT2D eigenvalue weighted by atomic mass is 16.5. The maximum absolute atomic E-state index is 5.80. The fourth-order valence-electron chi connectivity index (χ4n) is 1.85. The summed E-state index contributed by atoms with van der Waals surface area (Å²) in [7, 11) is 0. The summed E-state index contributed by atoms with van der Waals surface area (Å²) in [6, 6.07) is 5.60. The average Bonchev–Trinajstić information content (AvgIpc) is 2.86. The minimum atomic E-state index is 0.323. The molecular formula is C10H12N4O. The van der Waals surface area contributed by atoms with E-state index in [1.54, 1.807) is 4.52 Å². The molecule has 2 N–H and O–H groups in total. The molecule has 78 valence electrons. The molecule has 0 aliphatic carbocycles. The number of hydrogen-bond donors (Lipinski definition) is 1. The van der Waals surface area contributed by atoms with E-state index in [4.69, 9.17) is 10.5 Å². The van der Waals surface area contributed by atoms with Gasteiger partial charge in [-0.25, -0.2) is 4.98 Å². The van der Waals surface area contributed by atoms with Gasteiger partial charge in [0.15, 0.2) is 11.5 Å². The summed E-state index contributed by atoms with van der Waals surface area (Å²) in [5.74, 6) is 1.78. The van der Waals surface area contributed by atoms with Gasteiger partial charge in [0.25, 0.3) is 0 Å². The Hall–Kier alpha value is -1.62. The van der Waals surface area contributed by atoms with Gasteiger partial charge in [-0.3, -0.25) is 0 Å². The van der Waals surface area contributed by atoms with Gasteiger partial charge in [0.2, 0.25) is 0 Å². The van der Waals surface area contributed by atoms with Crippen LogP contribution < -0.4 is 5.73 Å². The van der Waals surface area contributed by atoms with Gasteiger partial charge in [0, 0.05) is 12.5 Å².